The number of aromatic nitrogens is 3. The monoisotopic (exact) mass is 372 g/mol. The summed E-state index contributed by atoms with van der Waals surface area (Å²) < 4.78 is 13.0. The molecule has 0 unspecified atom stereocenters. The van der Waals surface area contributed by atoms with Crippen LogP contribution in [-0.2, 0) is 12.8 Å². The summed E-state index contributed by atoms with van der Waals surface area (Å²) in [6.07, 6.45) is 2.71. The van der Waals surface area contributed by atoms with Crippen LogP contribution < -0.4 is 16.0 Å². The molecule has 4 rings (SSSR count). The molecule has 26 heavy (non-hydrogen) atoms. The number of fused-ring (bicyclic) bond motifs is 1. The van der Waals surface area contributed by atoms with E-state index in [2.05, 4.69) is 20.2 Å². The summed E-state index contributed by atoms with van der Waals surface area (Å²) >= 11 is 1.58. The second-order valence-electron chi connectivity index (χ2n) is 6.38. The first-order valence-corrected chi connectivity index (χ1v) is 9.64. The molecule has 1 fully saturated rings. The van der Waals surface area contributed by atoms with Gasteiger partial charge in [0.1, 0.15) is 11.3 Å². The Morgan fingerprint density at radius 2 is 1.85 bits per heavy atom. The summed E-state index contributed by atoms with van der Waals surface area (Å²) in [5.74, 6) is 0.944. The van der Waals surface area contributed by atoms with Crippen molar-refractivity contribution in [1.29, 1.82) is 0 Å². The van der Waals surface area contributed by atoms with Crippen LogP contribution in [0.3, 0.4) is 0 Å². The van der Waals surface area contributed by atoms with Crippen LogP contribution in [0, 0.1) is 5.82 Å². The van der Waals surface area contributed by atoms with Gasteiger partial charge in [0.15, 0.2) is 10.6 Å². The van der Waals surface area contributed by atoms with Gasteiger partial charge in [-0.05, 0) is 37.0 Å². The summed E-state index contributed by atoms with van der Waals surface area (Å²) in [7, 11) is 0. The molecule has 3 N–H and O–H groups in total. The van der Waals surface area contributed by atoms with E-state index in [-0.39, 0.29) is 5.82 Å². The number of benzene rings is 1. The molecule has 1 aliphatic heterocycles. The van der Waals surface area contributed by atoms with Crippen LogP contribution in [0.4, 0.5) is 16.2 Å². The van der Waals surface area contributed by atoms with Gasteiger partial charge < -0.3 is 16.0 Å². The van der Waals surface area contributed by atoms with E-state index in [1.165, 1.54) is 12.1 Å². The molecule has 0 bridgehead atoms. The highest BCUT2D eigenvalue weighted by Gasteiger charge is 2.19. The maximum Gasteiger partial charge on any atom is 0.223 e. The molecule has 3 heterocycles. The molecule has 0 amide bonds. The number of halogens is 1. The zero-order chi connectivity index (χ0) is 17.9. The first-order chi connectivity index (χ1) is 12.7. The van der Waals surface area contributed by atoms with Crippen molar-refractivity contribution in [3.05, 3.63) is 40.7 Å². The fourth-order valence-electron chi connectivity index (χ4n) is 3.17. The highest BCUT2D eigenvalue weighted by Crippen LogP contribution is 2.29. The number of hydrogen-bond donors (Lipinski definition) is 2. The number of thiazole rings is 1. The van der Waals surface area contributed by atoms with Gasteiger partial charge >= 0.3 is 0 Å². The van der Waals surface area contributed by atoms with Gasteiger partial charge in [-0.15, -0.1) is 0 Å². The van der Waals surface area contributed by atoms with E-state index >= 15 is 0 Å². The van der Waals surface area contributed by atoms with E-state index in [0.717, 1.165) is 72.2 Å². The molecule has 1 aromatic carbocycles. The van der Waals surface area contributed by atoms with Crippen molar-refractivity contribution < 1.29 is 4.39 Å². The smallest absolute Gasteiger partial charge is 0.223 e. The Labute approximate surface area is 155 Å². The zero-order valence-corrected chi connectivity index (χ0v) is 15.2. The maximum atomic E-state index is 13.0. The number of hydrogen-bond acceptors (Lipinski definition) is 7. The molecule has 136 valence electrons. The predicted molar refractivity (Wildman–Crippen MR) is 103 cm³/mol. The average molecular weight is 372 g/mol. The van der Waals surface area contributed by atoms with Crippen molar-refractivity contribution in [1.82, 2.24) is 20.3 Å². The van der Waals surface area contributed by atoms with Gasteiger partial charge in [0.2, 0.25) is 5.95 Å². The molecule has 1 aliphatic rings. The van der Waals surface area contributed by atoms with Gasteiger partial charge in [-0.25, -0.2) is 14.4 Å². The fraction of sp³-hybridized carbons (Fsp3) is 0.389. The molecule has 6 nitrogen and oxygen atoms in total. The maximum absolute atomic E-state index is 13.0. The van der Waals surface area contributed by atoms with Crippen molar-refractivity contribution in [3.8, 4) is 0 Å². The minimum Gasteiger partial charge on any atom is -0.368 e. The third-order valence-corrected chi connectivity index (χ3v) is 5.50. The van der Waals surface area contributed by atoms with Gasteiger partial charge in [-0.2, -0.15) is 4.98 Å². The van der Waals surface area contributed by atoms with Crippen LogP contribution in [0.1, 0.15) is 17.0 Å². The lowest BCUT2D eigenvalue weighted by Crippen LogP contribution is -2.44. The quantitative estimate of drug-likeness (QED) is 0.716. The normalized spacial score (nSPS) is 14.9. The van der Waals surface area contributed by atoms with E-state index in [0.29, 0.717) is 5.95 Å². The highest BCUT2D eigenvalue weighted by atomic mass is 32.1. The van der Waals surface area contributed by atoms with E-state index in [9.17, 15) is 4.39 Å². The fourth-order valence-corrected chi connectivity index (χ4v) is 4.15. The Balaban J connectivity index is 1.50. The summed E-state index contributed by atoms with van der Waals surface area (Å²) in [5.41, 5.74) is 7.90. The number of nitrogens with zero attached hydrogens (tertiary/aromatic N) is 4. The molecule has 0 spiro atoms. The van der Waals surface area contributed by atoms with E-state index < -0.39 is 0 Å². The standard InChI is InChI=1S/C18H21FN6S/c19-13-6-4-12(5-7-13)2-1-3-14-22-15-16(25-10-8-21-9-11-25)23-18(20)24-17(15)26-14/h4-7,21H,1-3,8-11H2,(H2,20,23,24). The summed E-state index contributed by atoms with van der Waals surface area (Å²) in [4.78, 5) is 16.7. The van der Waals surface area contributed by atoms with Crippen molar-refractivity contribution in [3.63, 3.8) is 0 Å². The summed E-state index contributed by atoms with van der Waals surface area (Å²) in [6.45, 7) is 3.64. The van der Waals surface area contributed by atoms with Gasteiger partial charge in [0.05, 0.1) is 5.01 Å². The molecule has 0 atom stereocenters. The van der Waals surface area contributed by atoms with Crippen molar-refractivity contribution in [2.45, 2.75) is 19.3 Å². The van der Waals surface area contributed by atoms with Gasteiger partial charge in [0.25, 0.3) is 0 Å². The van der Waals surface area contributed by atoms with E-state index in [1.54, 1.807) is 11.3 Å². The molecule has 8 heteroatoms. The Hall–Kier alpha value is -2.32. The van der Waals surface area contributed by atoms with Crippen LogP contribution in [0.5, 0.6) is 0 Å². The third kappa shape index (κ3) is 3.76. The largest absolute Gasteiger partial charge is 0.368 e. The predicted octanol–water partition coefficient (Wildman–Crippen LogP) is 2.39. The lowest BCUT2D eigenvalue weighted by Gasteiger charge is -2.28. The average Bonchev–Trinajstić information content (AvgIpc) is 3.06. The van der Waals surface area contributed by atoms with Crippen molar-refractivity contribution in [2.75, 3.05) is 36.8 Å². The van der Waals surface area contributed by atoms with Gasteiger partial charge in [-0.1, -0.05) is 23.5 Å². The lowest BCUT2D eigenvalue weighted by atomic mass is 10.1. The molecule has 0 radical (unpaired) electrons. The highest BCUT2D eigenvalue weighted by molar-refractivity contribution is 7.18. The molecule has 3 aromatic rings. The summed E-state index contributed by atoms with van der Waals surface area (Å²) in [5, 5.41) is 4.38. The molecule has 1 saturated heterocycles. The zero-order valence-electron chi connectivity index (χ0n) is 14.4. The Bertz CT molecular complexity index is 889. The molecule has 0 saturated carbocycles. The van der Waals surface area contributed by atoms with E-state index in [1.807, 2.05) is 12.1 Å². The van der Waals surface area contributed by atoms with Crippen LogP contribution in [0.2, 0.25) is 0 Å². The SMILES string of the molecule is Nc1nc(N2CCNCC2)c2nc(CCCc3ccc(F)cc3)sc2n1. The van der Waals surface area contributed by atoms with Gasteiger partial charge in [0, 0.05) is 26.2 Å². The van der Waals surface area contributed by atoms with Crippen LogP contribution >= 0.6 is 11.3 Å². The Morgan fingerprint density at radius 1 is 1.08 bits per heavy atom. The number of nitrogens with two attached hydrogens (primary N) is 1. The lowest BCUT2D eigenvalue weighted by molar-refractivity contribution is 0.586. The third-order valence-electron chi connectivity index (χ3n) is 4.49. The Morgan fingerprint density at radius 3 is 2.62 bits per heavy atom. The number of piperazine rings is 1. The Kier molecular flexibility index (Phi) is 4.94. The number of nitrogens with one attached hydrogen (secondary N) is 1. The van der Waals surface area contributed by atoms with Crippen LogP contribution in [0.15, 0.2) is 24.3 Å². The van der Waals surface area contributed by atoms with Crippen molar-refractivity contribution >= 4 is 33.5 Å². The summed E-state index contributed by atoms with van der Waals surface area (Å²) in [6, 6.07) is 6.68. The molecular formula is C18H21FN6S. The first-order valence-electron chi connectivity index (χ1n) is 8.82. The second-order valence-corrected chi connectivity index (χ2v) is 7.45. The minimum atomic E-state index is -0.198. The van der Waals surface area contributed by atoms with Crippen LogP contribution in [0.25, 0.3) is 10.3 Å². The van der Waals surface area contributed by atoms with Crippen LogP contribution in [-0.4, -0.2) is 41.1 Å². The number of nitrogen functional groups attached to an aromatic ring is 1. The van der Waals surface area contributed by atoms with E-state index in [4.69, 9.17) is 10.7 Å². The van der Waals surface area contributed by atoms with Gasteiger partial charge in [-0.3, -0.25) is 0 Å². The molecule has 2 aromatic heterocycles. The minimum absolute atomic E-state index is 0.198. The molecular weight excluding hydrogens is 351 g/mol. The first kappa shape index (κ1) is 17.1. The molecule has 0 aliphatic carbocycles. The number of rotatable bonds is 5. The number of anilines is 2. The number of aryl methyl sites for hydroxylation is 2. The van der Waals surface area contributed by atoms with Crippen molar-refractivity contribution in [2.24, 2.45) is 0 Å². The second kappa shape index (κ2) is 7.51. The topological polar surface area (TPSA) is 80.0 Å².